The number of nitrogens with zero attached hydrogens (tertiary/aromatic N) is 5. The van der Waals surface area contributed by atoms with Gasteiger partial charge in [0.15, 0.2) is 11.7 Å². The molecule has 3 aromatic heterocycles. The highest BCUT2D eigenvalue weighted by Crippen LogP contribution is 2.43. The van der Waals surface area contributed by atoms with Gasteiger partial charge in [-0.3, -0.25) is 14.5 Å². The van der Waals surface area contributed by atoms with Gasteiger partial charge in [0.2, 0.25) is 0 Å². The Morgan fingerprint density at radius 1 is 0.800 bits per heavy atom. The van der Waals surface area contributed by atoms with Crippen molar-refractivity contribution in [2.24, 2.45) is 4.99 Å². The largest absolute Gasteiger partial charge is 0.484 e. The Labute approximate surface area is 288 Å². The highest BCUT2D eigenvalue weighted by Gasteiger charge is 2.40. The number of pyridine rings is 1. The lowest BCUT2D eigenvalue weighted by molar-refractivity contribution is 0.390. The first-order chi connectivity index (χ1) is 24.4. The van der Waals surface area contributed by atoms with Crippen LogP contribution in [0.3, 0.4) is 0 Å². The van der Waals surface area contributed by atoms with Gasteiger partial charge in [-0.05, 0) is 47.4 Å². The number of methoxy groups -OCH3 is 1. The van der Waals surface area contributed by atoms with Crippen molar-refractivity contribution in [3.05, 3.63) is 174 Å². The van der Waals surface area contributed by atoms with Gasteiger partial charge in [-0.1, -0.05) is 97.9 Å². The fourth-order valence-electron chi connectivity index (χ4n) is 6.49. The SMILES string of the molecule is CCC/C(=N/C(=N)c1cnc2ccc(-c3cn(C(c4ccccc4)(c4ccccc4)c4ccccc4)nc3-c3ccc(F)cc3F)cn12)OC. The average molecular weight is 665 g/mol. The predicted octanol–water partition coefficient (Wildman–Crippen LogP) is 9.15. The number of imidazole rings is 1. The minimum atomic E-state index is -0.982. The summed E-state index contributed by atoms with van der Waals surface area (Å²) in [6.45, 7) is 2.02. The van der Waals surface area contributed by atoms with Gasteiger partial charge in [-0.15, -0.1) is 0 Å². The molecule has 0 aliphatic heterocycles. The first-order valence-corrected chi connectivity index (χ1v) is 16.3. The molecule has 0 saturated heterocycles. The number of aliphatic imine (C=N–C) groups is 1. The van der Waals surface area contributed by atoms with Gasteiger partial charge in [-0.2, -0.15) is 10.1 Å². The zero-order valence-electron chi connectivity index (χ0n) is 27.6. The molecule has 4 aromatic carbocycles. The number of halogens is 2. The quantitative estimate of drug-likeness (QED) is 0.0950. The molecule has 3 heterocycles. The molecular weight excluding hydrogens is 630 g/mol. The Morgan fingerprint density at radius 2 is 1.42 bits per heavy atom. The van der Waals surface area contributed by atoms with Gasteiger partial charge in [0.05, 0.1) is 13.3 Å². The topological polar surface area (TPSA) is 80.6 Å². The maximum atomic E-state index is 15.7. The van der Waals surface area contributed by atoms with E-state index >= 15 is 4.39 Å². The van der Waals surface area contributed by atoms with Crippen LogP contribution >= 0.6 is 0 Å². The molecule has 0 aliphatic rings. The Hall–Kier alpha value is -6.22. The van der Waals surface area contributed by atoms with E-state index in [1.165, 1.54) is 12.1 Å². The van der Waals surface area contributed by atoms with Crippen molar-refractivity contribution in [3.63, 3.8) is 0 Å². The molecule has 0 spiro atoms. The van der Waals surface area contributed by atoms with E-state index < -0.39 is 17.2 Å². The summed E-state index contributed by atoms with van der Waals surface area (Å²) >= 11 is 0. The van der Waals surface area contributed by atoms with E-state index in [9.17, 15) is 4.39 Å². The normalized spacial score (nSPS) is 12.0. The van der Waals surface area contributed by atoms with Crippen molar-refractivity contribution in [3.8, 4) is 22.4 Å². The van der Waals surface area contributed by atoms with Crippen molar-refractivity contribution in [1.82, 2.24) is 19.2 Å². The van der Waals surface area contributed by atoms with Crippen molar-refractivity contribution < 1.29 is 13.5 Å². The molecule has 50 heavy (non-hydrogen) atoms. The van der Waals surface area contributed by atoms with Crippen LogP contribution in [0.25, 0.3) is 28.0 Å². The summed E-state index contributed by atoms with van der Waals surface area (Å²) in [7, 11) is 1.54. The van der Waals surface area contributed by atoms with Crippen LogP contribution in [0.1, 0.15) is 42.1 Å². The number of fused-ring (bicyclic) bond motifs is 1. The Balaban J connectivity index is 1.52. The second-order valence-electron chi connectivity index (χ2n) is 11.9. The van der Waals surface area contributed by atoms with Crippen LogP contribution < -0.4 is 0 Å². The number of ether oxygens (including phenoxy) is 1. The number of benzene rings is 4. The molecule has 7 nitrogen and oxygen atoms in total. The molecule has 248 valence electrons. The monoisotopic (exact) mass is 664 g/mol. The second-order valence-corrected chi connectivity index (χ2v) is 11.9. The van der Waals surface area contributed by atoms with Crippen molar-refractivity contribution in [2.75, 3.05) is 7.11 Å². The maximum absolute atomic E-state index is 15.7. The Kier molecular flexibility index (Phi) is 8.87. The molecule has 9 heteroatoms. The third-order valence-corrected chi connectivity index (χ3v) is 8.81. The standard InChI is InChI=1S/C41H34F2N6O/c1-3-13-38(50-2)46-40(44)36-25-45-37-23-20-28(26-48(36)37)34-27-49(47-39(34)33-22-21-32(42)24-35(33)43)41(29-14-7-4-8-15-29,30-16-9-5-10-17-30)31-18-11-6-12-19-31/h4-12,14-27,44H,3,13H2,1-2H3/b44-40?,46-38-. The van der Waals surface area contributed by atoms with Crippen molar-refractivity contribution in [1.29, 1.82) is 5.41 Å². The first-order valence-electron chi connectivity index (χ1n) is 16.3. The van der Waals surface area contributed by atoms with E-state index in [1.807, 2.05) is 90.7 Å². The van der Waals surface area contributed by atoms with Gasteiger partial charge in [0.25, 0.3) is 0 Å². The number of rotatable bonds is 9. The molecule has 0 fully saturated rings. The van der Waals surface area contributed by atoms with Crippen LogP contribution in [0.15, 0.2) is 145 Å². The van der Waals surface area contributed by atoms with Crippen LogP contribution in [0.4, 0.5) is 8.78 Å². The third kappa shape index (κ3) is 5.77. The second kappa shape index (κ2) is 13.7. The molecule has 0 unspecified atom stereocenters. The summed E-state index contributed by atoms with van der Waals surface area (Å²) in [5.41, 5.74) is 4.67. The predicted molar refractivity (Wildman–Crippen MR) is 193 cm³/mol. The van der Waals surface area contributed by atoms with Crippen LogP contribution in [-0.2, 0) is 10.3 Å². The molecule has 0 aliphatic carbocycles. The molecule has 7 rings (SSSR count). The minimum Gasteiger partial charge on any atom is -0.484 e. The number of hydrogen-bond donors (Lipinski definition) is 1. The number of aromatic nitrogens is 4. The summed E-state index contributed by atoms with van der Waals surface area (Å²) in [4.78, 5) is 8.93. The number of amidine groups is 1. The van der Waals surface area contributed by atoms with Gasteiger partial charge in [-0.25, -0.2) is 13.8 Å². The fraction of sp³-hybridized carbons (Fsp3) is 0.122. The van der Waals surface area contributed by atoms with Crippen LogP contribution in [0.5, 0.6) is 0 Å². The van der Waals surface area contributed by atoms with Crippen molar-refractivity contribution in [2.45, 2.75) is 25.3 Å². The smallest absolute Gasteiger partial charge is 0.189 e. The zero-order valence-corrected chi connectivity index (χ0v) is 27.6. The molecule has 0 radical (unpaired) electrons. The molecule has 0 atom stereocenters. The van der Waals surface area contributed by atoms with E-state index in [1.54, 1.807) is 17.7 Å². The van der Waals surface area contributed by atoms with E-state index in [0.717, 1.165) is 29.2 Å². The van der Waals surface area contributed by atoms with Crippen LogP contribution in [-0.4, -0.2) is 38.0 Å². The lowest BCUT2D eigenvalue weighted by atomic mass is 9.77. The summed E-state index contributed by atoms with van der Waals surface area (Å²) < 4.78 is 39.0. The van der Waals surface area contributed by atoms with Gasteiger partial charge in [0, 0.05) is 41.6 Å². The molecular formula is C41H34F2N6O. The van der Waals surface area contributed by atoms with Crippen molar-refractivity contribution >= 4 is 17.4 Å². The van der Waals surface area contributed by atoms with E-state index in [0.29, 0.717) is 40.5 Å². The number of hydrogen-bond acceptors (Lipinski definition) is 4. The molecule has 7 aromatic rings. The van der Waals surface area contributed by atoms with Gasteiger partial charge >= 0.3 is 0 Å². The zero-order chi connectivity index (χ0) is 34.7. The number of nitrogens with one attached hydrogen (secondary N) is 1. The summed E-state index contributed by atoms with van der Waals surface area (Å²) in [6, 6.07) is 37.4. The van der Waals surface area contributed by atoms with Crippen LogP contribution in [0, 0.1) is 17.0 Å². The Bertz CT molecular complexity index is 2220. The third-order valence-electron chi connectivity index (χ3n) is 8.81. The Morgan fingerprint density at radius 3 is 1.98 bits per heavy atom. The van der Waals surface area contributed by atoms with Crippen LogP contribution in [0.2, 0.25) is 0 Å². The van der Waals surface area contributed by atoms with E-state index in [4.69, 9.17) is 15.2 Å². The maximum Gasteiger partial charge on any atom is 0.189 e. The molecule has 0 saturated carbocycles. The molecule has 0 bridgehead atoms. The summed E-state index contributed by atoms with van der Waals surface area (Å²) in [5.74, 6) is -0.957. The summed E-state index contributed by atoms with van der Waals surface area (Å²) in [5, 5.41) is 14.0. The highest BCUT2D eigenvalue weighted by molar-refractivity contribution is 6.02. The lowest BCUT2D eigenvalue weighted by Gasteiger charge is -2.36. The average Bonchev–Trinajstić information content (AvgIpc) is 3.78. The van der Waals surface area contributed by atoms with Gasteiger partial charge < -0.3 is 4.74 Å². The van der Waals surface area contributed by atoms with Gasteiger partial charge in [0.1, 0.15) is 34.2 Å². The summed E-state index contributed by atoms with van der Waals surface area (Å²) in [6.07, 6.45) is 6.77. The fourth-order valence-corrected chi connectivity index (χ4v) is 6.49. The van der Waals surface area contributed by atoms with E-state index in [2.05, 4.69) is 46.4 Å². The lowest BCUT2D eigenvalue weighted by Crippen LogP contribution is -2.38. The first kappa shape index (κ1) is 32.3. The molecule has 1 N–H and O–H groups in total. The molecule has 0 amide bonds. The minimum absolute atomic E-state index is 0.00306. The van der Waals surface area contributed by atoms with E-state index in [-0.39, 0.29) is 11.4 Å². The highest BCUT2D eigenvalue weighted by atomic mass is 19.1.